The van der Waals surface area contributed by atoms with E-state index in [0.29, 0.717) is 12.8 Å². The zero-order valence-corrected chi connectivity index (χ0v) is 39.8. The minimum atomic E-state index is -1.59. The number of carbonyl (C=O) groups is 1. The number of hydrogen-bond acceptors (Lipinski definition) is 9. The Labute approximate surface area is 375 Å². The van der Waals surface area contributed by atoms with Crippen molar-refractivity contribution >= 4 is 5.91 Å². The van der Waals surface area contributed by atoms with Crippen molar-refractivity contribution < 1.29 is 40.5 Å². The van der Waals surface area contributed by atoms with Crippen LogP contribution in [0.3, 0.4) is 0 Å². The molecule has 1 amide bonds. The molecule has 1 rings (SSSR count). The van der Waals surface area contributed by atoms with E-state index in [4.69, 9.17) is 0 Å². The predicted octanol–water partition coefficient (Wildman–Crippen LogP) is 9.69. The molecular weight excluding hydrogens is 769 g/mol. The van der Waals surface area contributed by atoms with Crippen LogP contribution in [0.2, 0.25) is 0 Å². The van der Waals surface area contributed by atoms with Crippen molar-refractivity contribution in [1.29, 1.82) is 0 Å². The molecule has 0 bridgehead atoms. The standard InChI is InChI=1S/C51H102N2O8/c1-3-5-7-9-11-13-15-17-18-19-20-21-22-23-24-25-26-27-29-31-33-35-37-39-45(56)53-43(40-52-46-47(57)42(41-54)48(58)51(61)50(46)60)49(59)44(55)38-36-34-32-30-28-16-14-12-10-8-6-4-2/h42-44,46-52,54-55,57-61H,3-41H2,1-2H3,(H,53,56)/t42-,43-,44+,46+,47+,48-,49+,50+,51-/m0/s1. The summed E-state index contributed by atoms with van der Waals surface area (Å²) < 4.78 is 0. The molecule has 1 saturated carbocycles. The topological polar surface area (TPSA) is 183 Å². The Morgan fingerprint density at radius 2 is 0.803 bits per heavy atom. The molecule has 0 unspecified atom stereocenters. The number of aliphatic hydroxyl groups excluding tert-OH is 7. The molecule has 10 heteroatoms. The highest BCUT2D eigenvalue weighted by atomic mass is 16.4. The van der Waals surface area contributed by atoms with Crippen molar-refractivity contribution in [3.63, 3.8) is 0 Å². The summed E-state index contributed by atoms with van der Waals surface area (Å²) >= 11 is 0. The van der Waals surface area contributed by atoms with Gasteiger partial charge in [0.25, 0.3) is 0 Å². The summed E-state index contributed by atoms with van der Waals surface area (Å²) in [7, 11) is 0. The molecule has 61 heavy (non-hydrogen) atoms. The van der Waals surface area contributed by atoms with E-state index in [2.05, 4.69) is 24.5 Å². The van der Waals surface area contributed by atoms with Gasteiger partial charge in [-0.2, -0.15) is 0 Å². The molecule has 9 atom stereocenters. The number of unbranched alkanes of at least 4 members (excludes halogenated alkanes) is 33. The summed E-state index contributed by atoms with van der Waals surface area (Å²) in [5.74, 6) is -1.32. The highest BCUT2D eigenvalue weighted by molar-refractivity contribution is 5.76. The predicted molar refractivity (Wildman–Crippen MR) is 253 cm³/mol. The third-order valence-electron chi connectivity index (χ3n) is 13.6. The maximum absolute atomic E-state index is 13.1. The molecule has 0 radical (unpaired) electrons. The van der Waals surface area contributed by atoms with Crippen LogP contribution in [0, 0.1) is 5.92 Å². The van der Waals surface area contributed by atoms with Crippen molar-refractivity contribution in [3.8, 4) is 0 Å². The molecule has 1 fully saturated rings. The number of carbonyl (C=O) groups excluding carboxylic acids is 1. The average molecular weight is 871 g/mol. The monoisotopic (exact) mass is 871 g/mol. The lowest BCUT2D eigenvalue weighted by Crippen LogP contribution is -2.67. The van der Waals surface area contributed by atoms with E-state index in [1.807, 2.05) is 0 Å². The Kier molecular flexibility index (Phi) is 38.8. The van der Waals surface area contributed by atoms with E-state index in [-0.39, 0.29) is 12.5 Å². The normalized spacial score (nSPS) is 22.0. The minimum absolute atomic E-state index is 0.0957. The summed E-state index contributed by atoms with van der Waals surface area (Å²) in [4.78, 5) is 13.1. The molecule has 0 saturated heterocycles. The maximum Gasteiger partial charge on any atom is 0.220 e. The molecule has 1 aliphatic carbocycles. The lowest BCUT2D eigenvalue weighted by Gasteiger charge is -2.44. The Hall–Kier alpha value is -0.850. The van der Waals surface area contributed by atoms with Crippen LogP contribution in [0.15, 0.2) is 0 Å². The van der Waals surface area contributed by atoms with Crippen LogP contribution in [0.1, 0.15) is 251 Å². The molecule has 1 aliphatic rings. The maximum atomic E-state index is 13.1. The van der Waals surface area contributed by atoms with E-state index >= 15 is 0 Å². The van der Waals surface area contributed by atoms with E-state index < -0.39 is 61.2 Å². The third kappa shape index (κ3) is 29.3. The highest BCUT2D eigenvalue weighted by Gasteiger charge is 2.48. The Balaban J connectivity index is 2.31. The van der Waals surface area contributed by atoms with Crippen LogP contribution in [-0.2, 0) is 4.79 Å². The first-order valence-electron chi connectivity index (χ1n) is 26.4. The van der Waals surface area contributed by atoms with Gasteiger partial charge in [-0.1, -0.05) is 232 Å². The fourth-order valence-corrected chi connectivity index (χ4v) is 9.30. The summed E-state index contributed by atoms with van der Waals surface area (Å²) in [5.41, 5.74) is 0. The SMILES string of the molecule is CCCCCCCCCCCCCCCCCCCCCCCCCC(=O)N[C@@H](CN[C@@H]1[C@H](O)[C@H](CO)[C@H](O)[C@H](O)[C@@H]1O)[C@@H](O)[C@H](O)CCCCCCCCCCCCCC. The van der Waals surface area contributed by atoms with Gasteiger partial charge in [0.1, 0.15) is 18.3 Å². The fraction of sp³-hybridized carbons (Fsp3) is 0.980. The molecule has 0 aromatic rings. The highest BCUT2D eigenvalue weighted by Crippen LogP contribution is 2.27. The van der Waals surface area contributed by atoms with Gasteiger partial charge in [0, 0.05) is 18.9 Å². The van der Waals surface area contributed by atoms with Gasteiger partial charge < -0.3 is 46.4 Å². The van der Waals surface area contributed by atoms with Gasteiger partial charge in [0.15, 0.2) is 0 Å². The second kappa shape index (κ2) is 40.6. The molecule has 0 spiro atoms. The largest absolute Gasteiger partial charge is 0.396 e. The van der Waals surface area contributed by atoms with E-state index in [1.54, 1.807) is 0 Å². The molecule has 10 nitrogen and oxygen atoms in total. The van der Waals surface area contributed by atoms with Gasteiger partial charge in [-0.15, -0.1) is 0 Å². The molecule has 0 aliphatic heterocycles. The lowest BCUT2D eigenvalue weighted by atomic mass is 9.77. The van der Waals surface area contributed by atoms with Crippen LogP contribution in [0.5, 0.6) is 0 Å². The van der Waals surface area contributed by atoms with Crippen molar-refractivity contribution in [1.82, 2.24) is 10.6 Å². The number of amides is 1. The minimum Gasteiger partial charge on any atom is -0.396 e. The van der Waals surface area contributed by atoms with Gasteiger partial charge in [-0.3, -0.25) is 4.79 Å². The molecule has 9 N–H and O–H groups in total. The van der Waals surface area contributed by atoms with E-state index in [1.165, 1.54) is 180 Å². The first kappa shape index (κ1) is 58.2. The number of aliphatic hydroxyl groups is 7. The van der Waals surface area contributed by atoms with Gasteiger partial charge in [-0.25, -0.2) is 0 Å². The van der Waals surface area contributed by atoms with Crippen molar-refractivity contribution in [2.75, 3.05) is 13.2 Å². The van der Waals surface area contributed by atoms with Crippen molar-refractivity contribution in [3.05, 3.63) is 0 Å². The van der Waals surface area contributed by atoms with Crippen LogP contribution < -0.4 is 10.6 Å². The van der Waals surface area contributed by atoms with Crippen LogP contribution in [-0.4, -0.2) is 104 Å². The van der Waals surface area contributed by atoms with Crippen LogP contribution >= 0.6 is 0 Å². The fourth-order valence-electron chi connectivity index (χ4n) is 9.30. The lowest BCUT2D eigenvalue weighted by molar-refractivity contribution is -0.173. The Morgan fingerprint density at radius 3 is 1.16 bits per heavy atom. The van der Waals surface area contributed by atoms with E-state index in [9.17, 15) is 40.5 Å². The van der Waals surface area contributed by atoms with Gasteiger partial charge in [-0.05, 0) is 12.8 Å². The number of hydrogen-bond donors (Lipinski definition) is 9. The van der Waals surface area contributed by atoms with Crippen molar-refractivity contribution in [2.24, 2.45) is 5.92 Å². The molecule has 364 valence electrons. The second-order valence-corrected chi connectivity index (χ2v) is 19.2. The zero-order valence-electron chi connectivity index (χ0n) is 39.8. The first-order valence-corrected chi connectivity index (χ1v) is 26.4. The Bertz CT molecular complexity index is 961. The van der Waals surface area contributed by atoms with Gasteiger partial charge in [0.2, 0.25) is 5.91 Å². The summed E-state index contributed by atoms with van der Waals surface area (Å²) in [5, 5.41) is 79.9. The summed E-state index contributed by atoms with van der Waals surface area (Å²) in [6.45, 7) is 3.83. The number of nitrogens with one attached hydrogen (secondary N) is 2. The van der Waals surface area contributed by atoms with Gasteiger partial charge >= 0.3 is 0 Å². The van der Waals surface area contributed by atoms with Gasteiger partial charge in [0.05, 0.1) is 37.0 Å². The molecular formula is C51H102N2O8. The second-order valence-electron chi connectivity index (χ2n) is 19.2. The zero-order chi connectivity index (χ0) is 44.8. The molecule has 0 heterocycles. The van der Waals surface area contributed by atoms with Crippen molar-refractivity contribution in [2.45, 2.75) is 300 Å². The smallest absolute Gasteiger partial charge is 0.220 e. The summed E-state index contributed by atoms with van der Waals surface area (Å²) in [6, 6.07) is -2.04. The summed E-state index contributed by atoms with van der Waals surface area (Å²) in [6.07, 6.45) is 36.7. The van der Waals surface area contributed by atoms with Crippen LogP contribution in [0.25, 0.3) is 0 Å². The van der Waals surface area contributed by atoms with E-state index in [0.717, 1.165) is 44.9 Å². The van der Waals surface area contributed by atoms with Crippen LogP contribution in [0.4, 0.5) is 0 Å². The molecule has 0 aromatic heterocycles. The Morgan fingerprint density at radius 1 is 0.459 bits per heavy atom. The quantitative estimate of drug-likeness (QED) is 0.0269. The number of rotatable bonds is 44. The average Bonchev–Trinajstić information content (AvgIpc) is 3.25. The first-order chi connectivity index (χ1) is 29.7. The molecule has 0 aromatic carbocycles. The third-order valence-corrected chi connectivity index (χ3v) is 13.6.